The average Bonchev–Trinajstić information content (AvgIpc) is 3.18. The third-order valence-electron chi connectivity index (χ3n) is 3.60. The molecule has 3 aromatic rings. The fraction of sp³-hybridized carbons (Fsp3) is 0.188. The molecular formula is C16H15ClN4OS2. The molecule has 0 aliphatic rings. The van der Waals surface area contributed by atoms with Gasteiger partial charge < -0.3 is 5.32 Å². The molecule has 0 radical (unpaired) electrons. The minimum Gasteiger partial charge on any atom is -0.323 e. The van der Waals surface area contributed by atoms with E-state index < -0.39 is 6.04 Å². The van der Waals surface area contributed by atoms with Crippen molar-refractivity contribution in [2.75, 3.05) is 5.32 Å². The number of nitrogens with one attached hydrogen (secondary N) is 2. The second-order valence-corrected chi connectivity index (χ2v) is 7.09. The molecule has 0 aliphatic heterocycles. The molecule has 0 aliphatic carbocycles. The predicted molar refractivity (Wildman–Crippen MR) is 100 cm³/mol. The molecule has 0 unspecified atom stereocenters. The van der Waals surface area contributed by atoms with Crippen LogP contribution in [-0.4, -0.2) is 20.7 Å². The van der Waals surface area contributed by atoms with Gasteiger partial charge in [0.25, 0.3) is 0 Å². The number of thiophene rings is 1. The van der Waals surface area contributed by atoms with Gasteiger partial charge in [0.1, 0.15) is 6.04 Å². The molecular weight excluding hydrogens is 364 g/mol. The molecule has 1 amide bonds. The smallest absolute Gasteiger partial charge is 0.247 e. The van der Waals surface area contributed by atoms with Gasteiger partial charge >= 0.3 is 0 Å². The Labute approximate surface area is 153 Å². The van der Waals surface area contributed by atoms with Crippen LogP contribution in [0.4, 0.5) is 5.69 Å². The van der Waals surface area contributed by atoms with Crippen molar-refractivity contribution in [2.24, 2.45) is 0 Å². The first kappa shape index (κ1) is 16.9. The maximum atomic E-state index is 12.6. The number of anilines is 1. The van der Waals surface area contributed by atoms with Gasteiger partial charge in [0.05, 0.1) is 15.6 Å². The van der Waals surface area contributed by atoms with Gasteiger partial charge in [-0.25, -0.2) is 0 Å². The number of rotatable bonds is 4. The van der Waals surface area contributed by atoms with Crippen LogP contribution in [0.5, 0.6) is 0 Å². The number of hydrogen-bond donors (Lipinski definition) is 2. The molecule has 5 nitrogen and oxygen atoms in total. The van der Waals surface area contributed by atoms with E-state index in [-0.39, 0.29) is 5.91 Å². The van der Waals surface area contributed by atoms with Crippen molar-refractivity contribution < 1.29 is 4.79 Å². The zero-order valence-electron chi connectivity index (χ0n) is 13.0. The molecule has 0 bridgehead atoms. The lowest BCUT2D eigenvalue weighted by molar-refractivity contribution is -0.118. The molecule has 0 spiro atoms. The summed E-state index contributed by atoms with van der Waals surface area (Å²) in [4.78, 5) is 13.6. The van der Waals surface area contributed by atoms with E-state index in [1.54, 1.807) is 17.6 Å². The number of H-pyrrole nitrogens is 1. The summed E-state index contributed by atoms with van der Waals surface area (Å²) in [7, 11) is 0. The first-order valence-corrected chi connectivity index (χ1v) is 8.91. The maximum absolute atomic E-state index is 12.6. The Hall–Kier alpha value is -1.96. The third kappa shape index (κ3) is 3.28. The van der Waals surface area contributed by atoms with Crippen molar-refractivity contribution in [1.82, 2.24) is 14.8 Å². The lowest BCUT2D eigenvalue weighted by Crippen LogP contribution is -2.24. The number of carbonyl (C=O) groups excluding carboxylic acids is 1. The molecule has 2 N–H and O–H groups in total. The second kappa shape index (κ2) is 6.88. The van der Waals surface area contributed by atoms with E-state index in [9.17, 15) is 4.79 Å². The topological polar surface area (TPSA) is 62.7 Å². The normalized spacial score (nSPS) is 12.1. The molecule has 0 fully saturated rings. The van der Waals surface area contributed by atoms with E-state index in [4.69, 9.17) is 23.8 Å². The van der Waals surface area contributed by atoms with Crippen LogP contribution in [0.1, 0.15) is 18.5 Å². The van der Waals surface area contributed by atoms with Gasteiger partial charge in [0, 0.05) is 0 Å². The second-order valence-electron chi connectivity index (χ2n) is 5.35. The highest BCUT2D eigenvalue weighted by molar-refractivity contribution is 7.71. The lowest BCUT2D eigenvalue weighted by Gasteiger charge is -2.16. The van der Waals surface area contributed by atoms with Crippen LogP contribution in [0, 0.1) is 11.7 Å². The highest BCUT2D eigenvalue weighted by Gasteiger charge is 2.22. The maximum Gasteiger partial charge on any atom is 0.247 e. The quantitative estimate of drug-likeness (QED) is 0.639. The molecule has 1 atom stereocenters. The predicted octanol–water partition coefficient (Wildman–Crippen LogP) is 4.83. The van der Waals surface area contributed by atoms with Crippen molar-refractivity contribution >= 4 is 46.8 Å². The SMILES string of the molecule is Cc1ccc(NC(=O)[C@@H](C)n2c(-c3cccs3)n[nH]c2=S)c(Cl)c1. The number of nitrogens with zero attached hydrogens (tertiary/aromatic N) is 2. The minimum atomic E-state index is -0.536. The fourth-order valence-corrected chi connectivity index (χ4v) is 3.60. The Bertz CT molecular complexity index is 930. The summed E-state index contributed by atoms with van der Waals surface area (Å²) in [6.45, 7) is 3.72. The van der Waals surface area contributed by atoms with Gasteiger partial charge in [0.15, 0.2) is 10.6 Å². The van der Waals surface area contributed by atoms with Crippen LogP contribution in [0.15, 0.2) is 35.7 Å². The van der Waals surface area contributed by atoms with E-state index in [0.717, 1.165) is 10.4 Å². The zero-order chi connectivity index (χ0) is 17.3. The van der Waals surface area contributed by atoms with E-state index >= 15 is 0 Å². The van der Waals surface area contributed by atoms with Crippen LogP contribution in [0.3, 0.4) is 0 Å². The van der Waals surface area contributed by atoms with Gasteiger partial charge in [-0.3, -0.25) is 14.5 Å². The number of aromatic amines is 1. The monoisotopic (exact) mass is 378 g/mol. The Morgan fingerprint density at radius 1 is 1.46 bits per heavy atom. The molecule has 124 valence electrons. The Morgan fingerprint density at radius 2 is 2.25 bits per heavy atom. The largest absolute Gasteiger partial charge is 0.323 e. The molecule has 8 heteroatoms. The van der Waals surface area contributed by atoms with E-state index in [2.05, 4.69) is 15.5 Å². The fourth-order valence-electron chi connectivity index (χ4n) is 2.32. The summed E-state index contributed by atoms with van der Waals surface area (Å²) in [6.07, 6.45) is 0. The highest BCUT2D eigenvalue weighted by atomic mass is 35.5. The van der Waals surface area contributed by atoms with Crippen LogP contribution >= 0.6 is 35.2 Å². The molecule has 0 saturated carbocycles. The van der Waals surface area contributed by atoms with Crippen molar-refractivity contribution in [2.45, 2.75) is 19.9 Å². The van der Waals surface area contributed by atoms with Gasteiger partial charge in [0.2, 0.25) is 5.91 Å². The first-order valence-electron chi connectivity index (χ1n) is 7.25. The number of aryl methyl sites for hydroxylation is 1. The van der Waals surface area contributed by atoms with Gasteiger partial charge in [-0.15, -0.1) is 11.3 Å². The van der Waals surface area contributed by atoms with Crippen LogP contribution in [0.25, 0.3) is 10.7 Å². The number of hydrogen-bond acceptors (Lipinski definition) is 4. The average molecular weight is 379 g/mol. The number of aromatic nitrogens is 3. The van der Waals surface area contributed by atoms with Gasteiger partial charge in [-0.05, 0) is 55.2 Å². The molecule has 2 aromatic heterocycles. The number of amides is 1. The minimum absolute atomic E-state index is 0.212. The molecule has 2 heterocycles. The van der Waals surface area contributed by atoms with Gasteiger partial charge in [-0.1, -0.05) is 23.7 Å². The number of benzene rings is 1. The molecule has 24 heavy (non-hydrogen) atoms. The van der Waals surface area contributed by atoms with E-state index in [0.29, 0.717) is 21.3 Å². The Balaban J connectivity index is 1.89. The molecule has 0 saturated heterocycles. The zero-order valence-corrected chi connectivity index (χ0v) is 15.4. The summed E-state index contributed by atoms with van der Waals surface area (Å²) in [5.74, 6) is 0.434. The molecule has 3 rings (SSSR count). The highest BCUT2D eigenvalue weighted by Crippen LogP contribution is 2.27. The van der Waals surface area contributed by atoms with Crippen LogP contribution < -0.4 is 5.32 Å². The van der Waals surface area contributed by atoms with E-state index in [1.165, 1.54) is 11.3 Å². The van der Waals surface area contributed by atoms with Gasteiger partial charge in [-0.2, -0.15) is 5.10 Å². The van der Waals surface area contributed by atoms with Crippen molar-refractivity contribution in [3.05, 3.63) is 51.1 Å². The van der Waals surface area contributed by atoms with Crippen molar-refractivity contribution in [3.8, 4) is 10.7 Å². The summed E-state index contributed by atoms with van der Waals surface area (Å²) in [5, 5.41) is 12.3. The Morgan fingerprint density at radius 3 is 2.92 bits per heavy atom. The van der Waals surface area contributed by atoms with Crippen LogP contribution in [-0.2, 0) is 4.79 Å². The number of carbonyl (C=O) groups is 1. The van der Waals surface area contributed by atoms with Crippen molar-refractivity contribution in [3.63, 3.8) is 0 Å². The van der Waals surface area contributed by atoms with E-state index in [1.807, 2.05) is 36.6 Å². The summed E-state index contributed by atoms with van der Waals surface area (Å²) < 4.78 is 2.11. The summed E-state index contributed by atoms with van der Waals surface area (Å²) in [6, 6.07) is 8.82. The summed E-state index contributed by atoms with van der Waals surface area (Å²) >= 11 is 13.0. The first-order chi connectivity index (χ1) is 11.5. The van der Waals surface area contributed by atoms with Crippen molar-refractivity contribution in [1.29, 1.82) is 0 Å². The standard InChI is InChI=1S/C16H15ClN4OS2/c1-9-5-6-12(11(17)8-9)18-15(22)10(2)21-14(19-20-16(21)23)13-4-3-7-24-13/h3-8,10H,1-2H3,(H,18,22)(H,20,23)/t10-/m1/s1. The van der Waals surface area contributed by atoms with Crippen LogP contribution in [0.2, 0.25) is 5.02 Å². The molecule has 1 aromatic carbocycles. The Kier molecular flexibility index (Phi) is 4.84. The summed E-state index contributed by atoms with van der Waals surface area (Å²) in [5.41, 5.74) is 1.61. The lowest BCUT2D eigenvalue weighted by atomic mass is 10.2. The third-order valence-corrected chi connectivity index (χ3v) is 5.06. The number of halogens is 1.